The summed E-state index contributed by atoms with van der Waals surface area (Å²) in [6.07, 6.45) is 4.75. The highest BCUT2D eigenvalue weighted by molar-refractivity contribution is 6.25. The van der Waals surface area contributed by atoms with Crippen LogP contribution in [0.1, 0.15) is 13.3 Å². The molecule has 1 atom stereocenters. The van der Waals surface area contributed by atoms with Gasteiger partial charge >= 0.3 is 6.09 Å². The minimum absolute atomic E-state index is 0.466. The van der Waals surface area contributed by atoms with E-state index in [9.17, 15) is 4.79 Å². The second-order valence-electron chi connectivity index (χ2n) is 2.94. The Bertz CT molecular complexity index is 256. The molecule has 0 spiro atoms. The average molecular weight is 188 g/mol. The van der Waals surface area contributed by atoms with E-state index in [1.165, 1.54) is 0 Å². The van der Waals surface area contributed by atoms with Crippen LogP contribution < -0.4 is 5.32 Å². The van der Waals surface area contributed by atoms with E-state index >= 15 is 0 Å². The van der Waals surface area contributed by atoms with Gasteiger partial charge in [-0.15, -0.1) is 11.6 Å². The van der Waals surface area contributed by atoms with Gasteiger partial charge in [-0.2, -0.15) is 0 Å². The zero-order valence-corrected chi connectivity index (χ0v) is 7.43. The van der Waals surface area contributed by atoms with Crippen LogP contribution in [0.5, 0.6) is 0 Å². The van der Waals surface area contributed by atoms with Gasteiger partial charge in [-0.3, -0.25) is 5.32 Å². The van der Waals surface area contributed by atoms with Crippen LogP contribution in [0.25, 0.3) is 0 Å². The molecule has 4 heteroatoms. The minimum Gasteiger partial charge on any atom is -0.465 e. The second kappa shape index (κ2) is 3.19. The molecule has 2 N–H and O–H groups in total. The zero-order chi connectivity index (χ0) is 9.19. The van der Waals surface area contributed by atoms with Crippen LogP contribution in [0.2, 0.25) is 0 Å². The van der Waals surface area contributed by atoms with Gasteiger partial charge in [-0.05, 0) is 13.0 Å². The van der Waals surface area contributed by atoms with E-state index < -0.39 is 11.0 Å². The lowest BCUT2D eigenvalue weighted by Crippen LogP contribution is -2.27. The maximum Gasteiger partial charge on any atom is 0.408 e. The highest BCUT2D eigenvalue weighted by Crippen LogP contribution is 2.27. The molecule has 0 saturated carbocycles. The monoisotopic (exact) mass is 187 g/mol. The number of carbonyl (C=O) groups is 1. The van der Waals surface area contributed by atoms with E-state index in [0.29, 0.717) is 12.1 Å². The van der Waals surface area contributed by atoms with E-state index in [2.05, 4.69) is 5.32 Å². The standard InChI is InChI=1S/C8H10ClNO2/c1-8(9)4-2-3-6(5-8)10-7(11)12/h2-4,10H,5H2,1H3,(H,11,12). The summed E-state index contributed by atoms with van der Waals surface area (Å²) in [6, 6.07) is 0. The van der Waals surface area contributed by atoms with Crippen molar-refractivity contribution in [2.45, 2.75) is 18.2 Å². The van der Waals surface area contributed by atoms with Crippen LogP contribution in [0, 0.1) is 0 Å². The first kappa shape index (κ1) is 9.13. The van der Waals surface area contributed by atoms with Crippen molar-refractivity contribution >= 4 is 17.7 Å². The maximum atomic E-state index is 10.3. The lowest BCUT2D eigenvalue weighted by Gasteiger charge is -2.22. The van der Waals surface area contributed by atoms with Gasteiger partial charge in [0, 0.05) is 12.1 Å². The van der Waals surface area contributed by atoms with Crippen LogP contribution in [-0.4, -0.2) is 16.1 Å². The van der Waals surface area contributed by atoms with Gasteiger partial charge < -0.3 is 5.11 Å². The number of rotatable bonds is 1. The molecule has 0 bridgehead atoms. The Morgan fingerprint density at radius 1 is 1.83 bits per heavy atom. The summed E-state index contributed by atoms with van der Waals surface area (Å²) in [4.78, 5) is 9.79. The summed E-state index contributed by atoms with van der Waals surface area (Å²) in [5.74, 6) is 0. The molecular formula is C8H10ClNO2. The molecule has 0 fully saturated rings. The molecular weight excluding hydrogens is 178 g/mol. The summed E-state index contributed by atoms with van der Waals surface area (Å²) in [5, 5.41) is 10.7. The Labute approximate surface area is 75.7 Å². The van der Waals surface area contributed by atoms with Gasteiger partial charge in [0.05, 0.1) is 4.87 Å². The van der Waals surface area contributed by atoms with Gasteiger partial charge in [0.25, 0.3) is 0 Å². The number of hydrogen-bond donors (Lipinski definition) is 2. The van der Waals surface area contributed by atoms with E-state index in [0.717, 1.165) is 0 Å². The number of hydrogen-bond acceptors (Lipinski definition) is 1. The first-order valence-electron chi connectivity index (χ1n) is 3.57. The molecule has 0 saturated heterocycles. The first-order valence-corrected chi connectivity index (χ1v) is 3.95. The van der Waals surface area contributed by atoms with Gasteiger partial charge in [0.2, 0.25) is 0 Å². The van der Waals surface area contributed by atoms with E-state index in [1.807, 2.05) is 13.0 Å². The normalized spacial score (nSPS) is 28.0. The molecule has 66 valence electrons. The third-order valence-electron chi connectivity index (χ3n) is 1.54. The predicted molar refractivity (Wildman–Crippen MR) is 47.3 cm³/mol. The number of nitrogens with one attached hydrogen (secondary N) is 1. The highest BCUT2D eigenvalue weighted by atomic mass is 35.5. The quantitative estimate of drug-likeness (QED) is 0.618. The molecule has 1 aliphatic carbocycles. The third-order valence-corrected chi connectivity index (χ3v) is 1.80. The molecule has 1 rings (SSSR count). The van der Waals surface area contributed by atoms with Crippen LogP contribution >= 0.6 is 11.6 Å². The van der Waals surface area contributed by atoms with E-state index in [-0.39, 0.29) is 0 Å². The van der Waals surface area contributed by atoms with Gasteiger partial charge in [-0.25, -0.2) is 4.79 Å². The van der Waals surface area contributed by atoms with Crippen LogP contribution in [0.15, 0.2) is 23.9 Å². The second-order valence-corrected chi connectivity index (χ2v) is 3.80. The maximum absolute atomic E-state index is 10.3. The largest absolute Gasteiger partial charge is 0.465 e. The van der Waals surface area contributed by atoms with Crippen molar-refractivity contribution in [2.24, 2.45) is 0 Å². The highest BCUT2D eigenvalue weighted by Gasteiger charge is 2.21. The van der Waals surface area contributed by atoms with Crippen molar-refractivity contribution < 1.29 is 9.90 Å². The van der Waals surface area contributed by atoms with Crippen molar-refractivity contribution in [3.8, 4) is 0 Å². The molecule has 0 aromatic heterocycles. The molecule has 1 amide bonds. The molecule has 0 radical (unpaired) electrons. The van der Waals surface area contributed by atoms with Crippen LogP contribution in [-0.2, 0) is 0 Å². The van der Waals surface area contributed by atoms with E-state index in [4.69, 9.17) is 16.7 Å². The lowest BCUT2D eigenvalue weighted by molar-refractivity contribution is 0.197. The number of amides is 1. The lowest BCUT2D eigenvalue weighted by atomic mass is 9.99. The van der Waals surface area contributed by atoms with E-state index in [1.54, 1.807) is 12.2 Å². The van der Waals surface area contributed by atoms with Gasteiger partial charge in [0.1, 0.15) is 0 Å². The average Bonchev–Trinajstić information content (AvgIpc) is 1.82. The van der Waals surface area contributed by atoms with Crippen LogP contribution in [0.3, 0.4) is 0 Å². The van der Waals surface area contributed by atoms with Crippen molar-refractivity contribution in [3.05, 3.63) is 23.9 Å². The Kier molecular flexibility index (Phi) is 2.43. The Hall–Kier alpha value is -0.960. The molecule has 0 aliphatic heterocycles. The van der Waals surface area contributed by atoms with Gasteiger partial charge in [0.15, 0.2) is 0 Å². The molecule has 1 unspecified atom stereocenters. The molecule has 0 aromatic rings. The summed E-state index contributed by atoms with van der Waals surface area (Å²) in [6.45, 7) is 1.83. The van der Waals surface area contributed by atoms with Crippen molar-refractivity contribution in [3.63, 3.8) is 0 Å². The Morgan fingerprint density at radius 3 is 3.00 bits per heavy atom. The summed E-state index contributed by atoms with van der Waals surface area (Å²) in [5.41, 5.74) is 0.627. The number of halogens is 1. The van der Waals surface area contributed by atoms with Crippen LogP contribution in [0.4, 0.5) is 4.79 Å². The number of alkyl halides is 1. The summed E-state index contributed by atoms with van der Waals surface area (Å²) >= 11 is 5.99. The molecule has 12 heavy (non-hydrogen) atoms. The summed E-state index contributed by atoms with van der Waals surface area (Å²) in [7, 11) is 0. The SMILES string of the molecule is CC1(Cl)C=CC=C(NC(=O)O)C1. The summed E-state index contributed by atoms with van der Waals surface area (Å²) < 4.78 is 0. The zero-order valence-electron chi connectivity index (χ0n) is 6.67. The first-order chi connectivity index (χ1) is 5.49. The molecule has 0 heterocycles. The Balaban J connectivity index is 2.64. The Morgan fingerprint density at radius 2 is 2.50 bits per heavy atom. The number of carboxylic acid groups (broad SMARTS) is 1. The van der Waals surface area contributed by atoms with Crippen molar-refractivity contribution in [1.29, 1.82) is 0 Å². The van der Waals surface area contributed by atoms with Crippen molar-refractivity contribution in [2.75, 3.05) is 0 Å². The minimum atomic E-state index is -1.05. The van der Waals surface area contributed by atoms with Crippen molar-refractivity contribution in [1.82, 2.24) is 5.32 Å². The topological polar surface area (TPSA) is 49.3 Å². The molecule has 0 aromatic carbocycles. The number of allylic oxidation sites excluding steroid dienone is 4. The predicted octanol–water partition coefficient (Wildman–Crippen LogP) is 2.10. The van der Waals surface area contributed by atoms with Gasteiger partial charge in [-0.1, -0.05) is 12.2 Å². The smallest absolute Gasteiger partial charge is 0.408 e. The third kappa shape index (κ3) is 2.58. The fourth-order valence-corrected chi connectivity index (χ4v) is 1.30. The molecule has 1 aliphatic rings. The fourth-order valence-electron chi connectivity index (χ4n) is 1.08. The molecule has 3 nitrogen and oxygen atoms in total. The fraction of sp³-hybridized carbons (Fsp3) is 0.375.